The van der Waals surface area contributed by atoms with Crippen molar-refractivity contribution in [1.29, 1.82) is 0 Å². The van der Waals surface area contributed by atoms with Crippen LogP contribution >= 0.6 is 0 Å². The topological polar surface area (TPSA) is 69.2 Å². The molecule has 0 saturated carbocycles. The summed E-state index contributed by atoms with van der Waals surface area (Å²) in [6.07, 6.45) is -2.18. The Morgan fingerprint density at radius 2 is 1.37 bits per heavy atom. The Bertz CT molecular complexity index is 347. The average molecular weight is 266 g/mol. The fourth-order valence-corrected chi connectivity index (χ4v) is 2.83. The summed E-state index contributed by atoms with van der Waals surface area (Å²) in [6, 6.07) is 0. The first-order valence-corrected chi connectivity index (χ1v) is 6.26. The molecule has 0 aliphatic carbocycles. The molecule has 19 heavy (non-hydrogen) atoms. The Kier molecular flexibility index (Phi) is 4.12. The Hall–Kier alpha value is 0.357. The van der Waals surface area contributed by atoms with E-state index in [0.29, 0.717) is 0 Å². The van der Waals surface area contributed by atoms with Crippen LogP contribution in [0.25, 0.3) is 0 Å². The van der Waals surface area contributed by atoms with Crippen LogP contribution in [0.2, 0.25) is 0 Å². The molecule has 0 radical (unpaired) electrons. The molecule has 6 nitrogen and oxygen atoms in total. The van der Waals surface area contributed by atoms with Crippen LogP contribution < -0.4 is 24.0 Å². The maximum Gasteiger partial charge on any atom is 1.00 e. The molecule has 0 aromatic rings. The van der Waals surface area contributed by atoms with Crippen molar-refractivity contribution in [3.8, 4) is 0 Å². The normalized spacial score (nSPS) is 46.3. The molecule has 3 fully saturated rings. The van der Waals surface area contributed by atoms with Crippen molar-refractivity contribution in [3.63, 3.8) is 0 Å². The Morgan fingerprint density at radius 1 is 0.842 bits per heavy atom. The second-order valence-electron chi connectivity index (χ2n) is 5.87. The molecule has 3 rings (SSSR count). The van der Waals surface area contributed by atoms with Gasteiger partial charge in [0.25, 0.3) is 0 Å². The number of hydrogen-bond acceptors (Lipinski definition) is 6. The largest absolute Gasteiger partial charge is 1.00 e. The zero-order valence-electron chi connectivity index (χ0n) is 12.0. The summed E-state index contributed by atoms with van der Waals surface area (Å²) in [5, 5.41) is 11.2. The maximum absolute atomic E-state index is 11.2. The summed E-state index contributed by atoms with van der Waals surface area (Å²) in [5.41, 5.74) is 0. The van der Waals surface area contributed by atoms with Gasteiger partial charge < -0.3 is 28.8 Å². The van der Waals surface area contributed by atoms with Gasteiger partial charge in [-0.3, -0.25) is 0 Å². The molecule has 5 atom stereocenters. The molecule has 0 unspecified atom stereocenters. The molecule has 0 amide bonds. The van der Waals surface area contributed by atoms with Gasteiger partial charge in [-0.2, -0.15) is 0 Å². The third-order valence-corrected chi connectivity index (χ3v) is 3.42. The zero-order valence-corrected chi connectivity index (χ0v) is 12.0. The van der Waals surface area contributed by atoms with Gasteiger partial charge in [0.05, 0.1) is 6.10 Å². The van der Waals surface area contributed by atoms with Crippen LogP contribution in [0.5, 0.6) is 0 Å². The van der Waals surface area contributed by atoms with Gasteiger partial charge in [-0.05, 0) is 27.7 Å². The Labute approximate surface area is 124 Å². The van der Waals surface area contributed by atoms with E-state index in [0.717, 1.165) is 0 Å². The summed E-state index contributed by atoms with van der Waals surface area (Å²) >= 11 is 0. The number of fused-ring (bicyclic) bond motifs is 3. The third-order valence-electron chi connectivity index (χ3n) is 3.42. The van der Waals surface area contributed by atoms with Crippen LogP contribution in [0.15, 0.2) is 0 Å². The van der Waals surface area contributed by atoms with Crippen molar-refractivity contribution in [1.82, 2.24) is 0 Å². The summed E-state index contributed by atoms with van der Waals surface area (Å²) < 4.78 is 28.7. The summed E-state index contributed by atoms with van der Waals surface area (Å²) in [5.74, 6) is -1.45. The first-order valence-electron chi connectivity index (χ1n) is 6.26. The van der Waals surface area contributed by atoms with Crippen molar-refractivity contribution in [3.05, 3.63) is 0 Å². The van der Waals surface area contributed by atoms with E-state index in [2.05, 4.69) is 0 Å². The van der Waals surface area contributed by atoms with Crippen molar-refractivity contribution >= 4 is 0 Å². The van der Waals surface area contributed by atoms with Gasteiger partial charge >= 0.3 is 18.9 Å². The molecular weight excluding hydrogens is 247 g/mol. The first kappa shape index (κ1) is 15.7. The number of ether oxygens (including phenoxy) is 5. The van der Waals surface area contributed by atoms with Gasteiger partial charge in [-0.25, -0.2) is 0 Å². The SMILES string of the molecule is CC1(C)O[C@H]2[C@@H](O1)[C@@H](C[O-])O[C@@H]1OC(C)(C)O[C@@H]12.[Li+]. The second kappa shape index (κ2) is 4.97. The molecule has 3 heterocycles. The quantitative estimate of drug-likeness (QED) is 0.464. The van der Waals surface area contributed by atoms with Gasteiger partial charge in [0, 0.05) is 0 Å². The smallest absolute Gasteiger partial charge is 0.853 e. The number of rotatable bonds is 1. The minimum absolute atomic E-state index is 0. The van der Waals surface area contributed by atoms with Gasteiger partial charge in [0.1, 0.15) is 18.3 Å². The molecule has 0 aromatic heterocycles. The van der Waals surface area contributed by atoms with Gasteiger partial charge in [-0.1, -0.05) is 0 Å². The molecule has 0 bridgehead atoms. The molecule has 0 spiro atoms. The van der Waals surface area contributed by atoms with E-state index in [1.807, 2.05) is 27.7 Å². The van der Waals surface area contributed by atoms with Crippen molar-refractivity contribution in [2.75, 3.05) is 6.61 Å². The monoisotopic (exact) mass is 266 g/mol. The zero-order chi connectivity index (χ0) is 13.1. The van der Waals surface area contributed by atoms with Crippen LogP contribution in [-0.4, -0.2) is 48.9 Å². The predicted molar refractivity (Wildman–Crippen MR) is 57.4 cm³/mol. The fraction of sp³-hybridized carbons (Fsp3) is 1.00. The van der Waals surface area contributed by atoms with Crippen LogP contribution in [0.3, 0.4) is 0 Å². The Balaban J connectivity index is 0.00000133. The summed E-state index contributed by atoms with van der Waals surface area (Å²) in [6.45, 7) is 6.90. The molecule has 0 N–H and O–H groups in total. The molecular formula is C12H19LiO6. The van der Waals surface area contributed by atoms with E-state index >= 15 is 0 Å². The Morgan fingerprint density at radius 3 is 2.00 bits per heavy atom. The molecule has 3 saturated heterocycles. The minimum Gasteiger partial charge on any atom is -0.853 e. The van der Waals surface area contributed by atoms with Crippen molar-refractivity contribution in [2.24, 2.45) is 0 Å². The summed E-state index contributed by atoms with van der Waals surface area (Å²) in [7, 11) is 0. The van der Waals surface area contributed by atoms with Crippen molar-refractivity contribution < 1.29 is 47.7 Å². The summed E-state index contributed by atoms with van der Waals surface area (Å²) in [4.78, 5) is 0. The molecule has 7 heteroatoms. The van der Waals surface area contributed by atoms with Crippen LogP contribution in [0, 0.1) is 0 Å². The van der Waals surface area contributed by atoms with E-state index in [9.17, 15) is 5.11 Å². The third kappa shape index (κ3) is 2.74. The molecule has 3 aliphatic rings. The van der Waals surface area contributed by atoms with E-state index < -0.39 is 30.1 Å². The second-order valence-corrected chi connectivity index (χ2v) is 5.87. The van der Waals surface area contributed by atoms with Crippen LogP contribution in [0.4, 0.5) is 0 Å². The molecule has 104 valence electrons. The van der Waals surface area contributed by atoms with E-state index in [1.54, 1.807) is 0 Å². The maximum atomic E-state index is 11.2. The van der Waals surface area contributed by atoms with Crippen LogP contribution in [0.1, 0.15) is 27.7 Å². The number of hydrogen-bond donors (Lipinski definition) is 0. The van der Waals surface area contributed by atoms with E-state index in [-0.39, 0.29) is 37.7 Å². The average Bonchev–Trinajstić information content (AvgIpc) is 2.71. The fourth-order valence-electron chi connectivity index (χ4n) is 2.83. The molecule has 0 aromatic carbocycles. The van der Waals surface area contributed by atoms with E-state index in [4.69, 9.17) is 23.7 Å². The van der Waals surface area contributed by atoms with Gasteiger partial charge in [-0.15, -0.1) is 6.61 Å². The standard InChI is InChI=1S/C12H19O6.Li/c1-11(2)15-7-6(5-13)14-10-9(8(7)16-11)17-12(3,4)18-10;/h6-10H,5H2,1-4H3;/q-1;+1/t6-,7+,8+,9-,10-;/m1./s1. The van der Waals surface area contributed by atoms with E-state index in [1.165, 1.54) is 0 Å². The minimum atomic E-state index is -0.728. The van der Waals surface area contributed by atoms with Gasteiger partial charge in [0.15, 0.2) is 17.9 Å². The van der Waals surface area contributed by atoms with Crippen molar-refractivity contribution in [2.45, 2.75) is 70.0 Å². The van der Waals surface area contributed by atoms with Crippen LogP contribution in [-0.2, 0) is 23.7 Å². The first-order chi connectivity index (χ1) is 8.31. The predicted octanol–water partition coefficient (Wildman–Crippen LogP) is -3.25. The molecule has 3 aliphatic heterocycles. The van der Waals surface area contributed by atoms with Gasteiger partial charge in [0.2, 0.25) is 0 Å².